The molecular formula is C10H12FNO3. The topological polar surface area (TPSA) is 72.5 Å². The first-order valence-electron chi connectivity index (χ1n) is 4.51. The Morgan fingerprint density at radius 2 is 2.27 bits per heavy atom. The van der Waals surface area contributed by atoms with Crippen LogP contribution in [-0.2, 0) is 0 Å². The highest BCUT2D eigenvalue weighted by Gasteiger charge is 2.14. The Hall–Kier alpha value is -1.78. The molecule has 15 heavy (non-hydrogen) atoms. The maximum atomic E-state index is 13.0. The molecule has 0 amide bonds. The number of carboxylic acid groups (broad SMARTS) is 1. The van der Waals surface area contributed by atoms with E-state index in [1.807, 2.05) is 6.92 Å². The van der Waals surface area contributed by atoms with Crippen LogP contribution in [0.3, 0.4) is 0 Å². The second-order valence-corrected chi connectivity index (χ2v) is 3.02. The number of rotatable bonds is 4. The SMILES string of the molecule is CCCOc1cc(N)c(F)cc1C(=O)O. The molecule has 0 spiro atoms. The lowest BCUT2D eigenvalue weighted by atomic mass is 10.1. The molecule has 1 aromatic carbocycles. The zero-order valence-corrected chi connectivity index (χ0v) is 8.29. The Morgan fingerprint density at radius 1 is 1.60 bits per heavy atom. The van der Waals surface area contributed by atoms with Gasteiger partial charge in [-0.25, -0.2) is 9.18 Å². The Bertz CT molecular complexity index is 379. The molecule has 0 radical (unpaired) electrons. The van der Waals surface area contributed by atoms with Crippen molar-refractivity contribution >= 4 is 11.7 Å². The molecule has 0 fully saturated rings. The molecule has 0 bridgehead atoms. The fourth-order valence-corrected chi connectivity index (χ4v) is 1.07. The summed E-state index contributed by atoms with van der Waals surface area (Å²) in [4.78, 5) is 10.8. The zero-order chi connectivity index (χ0) is 11.4. The number of halogens is 1. The monoisotopic (exact) mass is 213 g/mol. The summed E-state index contributed by atoms with van der Waals surface area (Å²) in [6.45, 7) is 2.25. The first-order chi connectivity index (χ1) is 7.06. The number of hydrogen-bond donors (Lipinski definition) is 2. The normalized spacial score (nSPS) is 10.0. The van der Waals surface area contributed by atoms with E-state index in [9.17, 15) is 9.18 Å². The van der Waals surface area contributed by atoms with Crippen molar-refractivity contribution in [3.63, 3.8) is 0 Å². The third-order valence-corrected chi connectivity index (χ3v) is 1.79. The smallest absolute Gasteiger partial charge is 0.339 e. The van der Waals surface area contributed by atoms with Crippen LogP contribution in [0.4, 0.5) is 10.1 Å². The summed E-state index contributed by atoms with van der Waals surface area (Å²) >= 11 is 0. The molecule has 0 aliphatic heterocycles. The van der Waals surface area contributed by atoms with Gasteiger partial charge in [0, 0.05) is 6.07 Å². The summed E-state index contributed by atoms with van der Waals surface area (Å²) in [6.07, 6.45) is 0.732. The van der Waals surface area contributed by atoms with Crippen molar-refractivity contribution in [2.75, 3.05) is 12.3 Å². The van der Waals surface area contributed by atoms with Gasteiger partial charge in [-0.1, -0.05) is 6.92 Å². The van der Waals surface area contributed by atoms with Crippen LogP contribution in [0, 0.1) is 5.82 Å². The minimum absolute atomic E-state index is 0.100. The maximum Gasteiger partial charge on any atom is 0.339 e. The standard InChI is InChI=1S/C10H12FNO3/c1-2-3-15-9-5-8(12)7(11)4-6(9)10(13)14/h4-5H,2-3,12H2,1H3,(H,13,14). The summed E-state index contributed by atoms with van der Waals surface area (Å²) in [5.41, 5.74) is 4.98. The predicted molar refractivity (Wildman–Crippen MR) is 53.6 cm³/mol. The van der Waals surface area contributed by atoms with E-state index in [0.717, 1.165) is 12.5 Å². The Balaban J connectivity index is 3.10. The molecule has 3 N–H and O–H groups in total. The van der Waals surface area contributed by atoms with Crippen LogP contribution >= 0.6 is 0 Å². The van der Waals surface area contributed by atoms with E-state index in [-0.39, 0.29) is 17.0 Å². The number of benzene rings is 1. The highest BCUT2D eigenvalue weighted by molar-refractivity contribution is 5.91. The first kappa shape index (κ1) is 11.3. The fraction of sp³-hybridized carbons (Fsp3) is 0.300. The van der Waals surface area contributed by atoms with Gasteiger partial charge in [0.25, 0.3) is 0 Å². The van der Waals surface area contributed by atoms with Crippen LogP contribution in [-0.4, -0.2) is 17.7 Å². The van der Waals surface area contributed by atoms with Crippen molar-refractivity contribution in [1.82, 2.24) is 0 Å². The van der Waals surface area contributed by atoms with Crippen LogP contribution in [0.1, 0.15) is 23.7 Å². The van der Waals surface area contributed by atoms with Gasteiger partial charge in [0.15, 0.2) is 0 Å². The Kier molecular flexibility index (Phi) is 3.49. The molecule has 0 atom stereocenters. The van der Waals surface area contributed by atoms with Gasteiger partial charge in [0.2, 0.25) is 0 Å². The summed E-state index contributed by atoms with van der Waals surface area (Å²) in [5.74, 6) is -1.89. The maximum absolute atomic E-state index is 13.0. The molecule has 4 nitrogen and oxygen atoms in total. The van der Waals surface area contributed by atoms with Crippen LogP contribution in [0.15, 0.2) is 12.1 Å². The lowest BCUT2D eigenvalue weighted by Gasteiger charge is -2.09. The highest BCUT2D eigenvalue weighted by Crippen LogP contribution is 2.24. The molecule has 0 unspecified atom stereocenters. The van der Waals surface area contributed by atoms with Crippen molar-refractivity contribution in [2.45, 2.75) is 13.3 Å². The van der Waals surface area contributed by atoms with Crippen LogP contribution < -0.4 is 10.5 Å². The number of aromatic carboxylic acids is 1. The summed E-state index contributed by atoms with van der Waals surface area (Å²) in [7, 11) is 0. The Morgan fingerprint density at radius 3 is 2.80 bits per heavy atom. The van der Waals surface area contributed by atoms with E-state index in [4.69, 9.17) is 15.6 Å². The number of hydrogen-bond acceptors (Lipinski definition) is 3. The minimum atomic E-state index is -1.24. The van der Waals surface area contributed by atoms with Crippen molar-refractivity contribution in [3.05, 3.63) is 23.5 Å². The Labute approximate surface area is 86.5 Å². The molecule has 1 aromatic rings. The van der Waals surface area contributed by atoms with E-state index in [2.05, 4.69) is 0 Å². The molecule has 0 aliphatic rings. The van der Waals surface area contributed by atoms with Crippen molar-refractivity contribution in [3.8, 4) is 5.75 Å². The second kappa shape index (κ2) is 4.63. The van der Waals surface area contributed by atoms with E-state index in [1.165, 1.54) is 6.07 Å². The molecule has 5 heteroatoms. The lowest BCUT2D eigenvalue weighted by molar-refractivity contribution is 0.0691. The summed E-state index contributed by atoms with van der Waals surface area (Å²) < 4.78 is 18.2. The van der Waals surface area contributed by atoms with E-state index < -0.39 is 11.8 Å². The molecule has 0 saturated carbocycles. The van der Waals surface area contributed by atoms with Crippen molar-refractivity contribution in [2.24, 2.45) is 0 Å². The quantitative estimate of drug-likeness (QED) is 0.749. The third-order valence-electron chi connectivity index (χ3n) is 1.79. The van der Waals surface area contributed by atoms with Crippen LogP contribution in [0.25, 0.3) is 0 Å². The van der Waals surface area contributed by atoms with Gasteiger partial charge in [-0.2, -0.15) is 0 Å². The van der Waals surface area contributed by atoms with Gasteiger partial charge in [-0.3, -0.25) is 0 Å². The number of nitrogen functional groups attached to an aromatic ring is 1. The van der Waals surface area contributed by atoms with Gasteiger partial charge >= 0.3 is 5.97 Å². The van der Waals surface area contributed by atoms with Crippen LogP contribution in [0.5, 0.6) is 5.75 Å². The molecular weight excluding hydrogens is 201 g/mol. The molecule has 0 aromatic heterocycles. The van der Waals surface area contributed by atoms with E-state index in [1.54, 1.807) is 0 Å². The van der Waals surface area contributed by atoms with Crippen molar-refractivity contribution < 1.29 is 19.0 Å². The highest BCUT2D eigenvalue weighted by atomic mass is 19.1. The van der Waals surface area contributed by atoms with E-state index in [0.29, 0.717) is 6.61 Å². The number of anilines is 1. The summed E-state index contributed by atoms with van der Waals surface area (Å²) in [5, 5.41) is 8.79. The average Bonchev–Trinajstić information content (AvgIpc) is 2.19. The van der Waals surface area contributed by atoms with Gasteiger partial charge in [0.1, 0.15) is 17.1 Å². The fourth-order valence-electron chi connectivity index (χ4n) is 1.07. The van der Waals surface area contributed by atoms with E-state index >= 15 is 0 Å². The zero-order valence-electron chi connectivity index (χ0n) is 8.29. The summed E-state index contributed by atoms with van der Waals surface area (Å²) in [6, 6.07) is 2.05. The average molecular weight is 213 g/mol. The molecule has 82 valence electrons. The number of carboxylic acids is 1. The lowest BCUT2D eigenvalue weighted by Crippen LogP contribution is -2.06. The molecule has 0 aliphatic carbocycles. The van der Waals surface area contributed by atoms with Gasteiger partial charge in [-0.05, 0) is 12.5 Å². The number of nitrogens with two attached hydrogens (primary N) is 1. The molecule has 0 heterocycles. The third kappa shape index (κ3) is 2.59. The van der Waals surface area contributed by atoms with Gasteiger partial charge < -0.3 is 15.6 Å². The molecule has 1 rings (SSSR count). The predicted octanol–water partition coefficient (Wildman–Crippen LogP) is 1.89. The molecule has 0 saturated heterocycles. The largest absolute Gasteiger partial charge is 0.493 e. The van der Waals surface area contributed by atoms with Crippen LogP contribution in [0.2, 0.25) is 0 Å². The van der Waals surface area contributed by atoms with Gasteiger partial charge in [0.05, 0.1) is 12.3 Å². The number of carbonyl (C=O) groups is 1. The number of ether oxygens (including phenoxy) is 1. The van der Waals surface area contributed by atoms with Gasteiger partial charge in [-0.15, -0.1) is 0 Å². The first-order valence-corrected chi connectivity index (χ1v) is 4.51. The minimum Gasteiger partial charge on any atom is -0.493 e. The van der Waals surface area contributed by atoms with Crippen molar-refractivity contribution in [1.29, 1.82) is 0 Å². The second-order valence-electron chi connectivity index (χ2n) is 3.02.